The Kier molecular flexibility index (Phi) is 6.13. The topological polar surface area (TPSA) is 39.9 Å². The third kappa shape index (κ3) is 4.65. The SMILES string of the molecule is ClCCCc1cn(CCOc2ccc(Cl)cc2Br)nn1. The van der Waals surface area contributed by atoms with Crippen LogP contribution < -0.4 is 4.74 Å². The van der Waals surface area contributed by atoms with Crippen molar-refractivity contribution in [3.05, 3.63) is 39.6 Å². The lowest BCUT2D eigenvalue weighted by atomic mass is 10.3. The first-order chi connectivity index (χ1) is 9.69. The molecule has 4 nitrogen and oxygen atoms in total. The van der Waals surface area contributed by atoms with E-state index in [0.717, 1.165) is 28.8 Å². The second kappa shape index (κ2) is 7.86. The third-order valence-electron chi connectivity index (χ3n) is 2.62. The van der Waals surface area contributed by atoms with E-state index in [1.165, 1.54) is 0 Å². The first-order valence-corrected chi connectivity index (χ1v) is 7.92. The van der Waals surface area contributed by atoms with Gasteiger partial charge in [-0.1, -0.05) is 16.8 Å². The fraction of sp³-hybridized carbons (Fsp3) is 0.385. The fourth-order valence-electron chi connectivity index (χ4n) is 1.65. The summed E-state index contributed by atoms with van der Waals surface area (Å²) < 4.78 is 8.28. The predicted octanol–water partition coefficient (Wildman–Crippen LogP) is 3.94. The number of halogens is 3. The molecule has 0 amide bonds. The molecule has 1 heterocycles. The van der Waals surface area contributed by atoms with Crippen LogP contribution in [0.2, 0.25) is 5.02 Å². The zero-order chi connectivity index (χ0) is 14.4. The van der Waals surface area contributed by atoms with E-state index in [9.17, 15) is 0 Å². The van der Waals surface area contributed by atoms with E-state index in [0.29, 0.717) is 24.1 Å². The van der Waals surface area contributed by atoms with Gasteiger partial charge in [-0.05, 0) is 47.0 Å². The van der Waals surface area contributed by atoms with E-state index >= 15 is 0 Å². The number of aromatic nitrogens is 3. The van der Waals surface area contributed by atoms with Gasteiger partial charge in [-0.2, -0.15) is 0 Å². The van der Waals surface area contributed by atoms with E-state index in [-0.39, 0.29) is 0 Å². The van der Waals surface area contributed by atoms with E-state index < -0.39 is 0 Å². The second-order valence-electron chi connectivity index (χ2n) is 4.19. The van der Waals surface area contributed by atoms with Crippen LogP contribution in [0.25, 0.3) is 0 Å². The van der Waals surface area contributed by atoms with Crippen LogP contribution in [0.5, 0.6) is 5.75 Å². The lowest BCUT2D eigenvalue weighted by Crippen LogP contribution is -2.09. The van der Waals surface area contributed by atoms with Gasteiger partial charge in [0.15, 0.2) is 0 Å². The molecule has 0 aliphatic carbocycles. The highest BCUT2D eigenvalue weighted by molar-refractivity contribution is 9.10. The third-order valence-corrected chi connectivity index (χ3v) is 3.75. The van der Waals surface area contributed by atoms with Crippen molar-refractivity contribution in [1.82, 2.24) is 15.0 Å². The molecule has 0 aliphatic heterocycles. The number of aryl methyl sites for hydroxylation is 1. The van der Waals surface area contributed by atoms with Crippen LogP contribution in [0.4, 0.5) is 0 Å². The van der Waals surface area contributed by atoms with Crippen molar-refractivity contribution >= 4 is 39.1 Å². The molecule has 2 aromatic rings. The molecule has 0 radical (unpaired) electrons. The number of nitrogens with zero attached hydrogens (tertiary/aromatic N) is 3. The lowest BCUT2D eigenvalue weighted by Gasteiger charge is -2.08. The van der Waals surface area contributed by atoms with Crippen LogP contribution in [-0.2, 0) is 13.0 Å². The Hall–Kier alpha value is -0.780. The number of ether oxygens (including phenoxy) is 1. The lowest BCUT2D eigenvalue weighted by molar-refractivity contribution is 0.288. The van der Waals surface area contributed by atoms with Gasteiger partial charge in [-0.25, -0.2) is 4.68 Å². The maximum Gasteiger partial charge on any atom is 0.133 e. The highest BCUT2D eigenvalue weighted by atomic mass is 79.9. The smallest absolute Gasteiger partial charge is 0.133 e. The van der Waals surface area contributed by atoms with Gasteiger partial charge in [-0.15, -0.1) is 16.7 Å². The van der Waals surface area contributed by atoms with Crippen molar-refractivity contribution in [1.29, 1.82) is 0 Å². The zero-order valence-corrected chi connectivity index (χ0v) is 13.8. The van der Waals surface area contributed by atoms with Crippen LogP contribution in [0.1, 0.15) is 12.1 Å². The monoisotopic (exact) mass is 377 g/mol. The van der Waals surface area contributed by atoms with Crippen molar-refractivity contribution in [3.8, 4) is 5.75 Å². The molecule has 7 heteroatoms. The fourth-order valence-corrected chi connectivity index (χ4v) is 2.58. The summed E-state index contributed by atoms with van der Waals surface area (Å²) in [7, 11) is 0. The van der Waals surface area contributed by atoms with Gasteiger partial charge in [0, 0.05) is 17.1 Å². The molecular formula is C13H14BrCl2N3O. The van der Waals surface area contributed by atoms with Gasteiger partial charge in [0.05, 0.1) is 16.7 Å². The summed E-state index contributed by atoms with van der Waals surface area (Å²) in [5.74, 6) is 1.40. The Balaban J connectivity index is 1.82. The standard InChI is InChI=1S/C13H14BrCl2N3O/c14-12-8-10(16)3-4-13(12)20-7-6-19-9-11(17-18-19)2-1-5-15/h3-4,8-9H,1-2,5-7H2. The average molecular weight is 379 g/mol. The molecule has 108 valence electrons. The molecule has 0 saturated carbocycles. The molecule has 2 rings (SSSR count). The van der Waals surface area contributed by atoms with Gasteiger partial charge in [0.2, 0.25) is 0 Å². The van der Waals surface area contributed by atoms with Gasteiger partial charge in [-0.3, -0.25) is 0 Å². The summed E-state index contributed by atoms with van der Waals surface area (Å²) in [6.07, 6.45) is 3.69. The molecular weight excluding hydrogens is 365 g/mol. The molecule has 0 atom stereocenters. The van der Waals surface area contributed by atoms with Gasteiger partial charge in [0.1, 0.15) is 12.4 Å². The number of hydrogen-bond acceptors (Lipinski definition) is 3. The summed E-state index contributed by atoms with van der Waals surface area (Å²) >= 11 is 14.9. The second-order valence-corrected chi connectivity index (χ2v) is 5.86. The van der Waals surface area contributed by atoms with Crippen LogP contribution in [0, 0.1) is 0 Å². The molecule has 0 N–H and O–H groups in total. The first-order valence-electron chi connectivity index (χ1n) is 6.22. The summed E-state index contributed by atoms with van der Waals surface area (Å²) in [6.45, 7) is 1.15. The van der Waals surface area contributed by atoms with Gasteiger partial charge < -0.3 is 4.74 Å². The normalized spacial score (nSPS) is 10.8. The molecule has 0 unspecified atom stereocenters. The molecule has 1 aromatic carbocycles. The summed E-state index contributed by atoms with van der Waals surface area (Å²) in [6, 6.07) is 5.43. The molecule has 20 heavy (non-hydrogen) atoms. The first kappa shape index (κ1) is 15.6. The van der Waals surface area contributed by atoms with Crippen molar-refractivity contribution in [2.75, 3.05) is 12.5 Å². The Morgan fingerprint density at radius 3 is 2.95 bits per heavy atom. The summed E-state index contributed by atoms with van der Waals surface area (Å²) in [5, 5.41) is 8.80. The van der Waals surface area contributed by atoms with Crippen LogP contribution in [0.3, 0.4) is 0 Å². The Bertz CT molecular complexity index is 562. The highest BCUT2D eigenvalue weighted by Gasteiger charge is 2.03. The maximum atomic E-state index is 5.87. The minimum Gasteiger partial charge on any atom is -0.490 e. The number of hydrogen-bond donors (Lipinski definition) is 0. The number of alkyl halides is 1. The van der Waals surface area contributed by atoms with E-state index in [1.54, 1.807) is 16.8 Å². The minimum atomic E-state index is 0.512. The van der Waals surface area contributed by atoms with Crippen molar-refractivity contribution in [3.63, 3.8) is 0 Å². The molecule has 0 aliphatic rings. The van der Waals surface area contributed by atoms with Crippen molar-refractivity contribution in [2.24, 2.45) is 0 Å². The van der Waals surface area contributed by atoms with E-state index in [2.05, 4.69) is 26.2 Å². The van der Waals surface area contributed by atoms with Crippen molar-refractivity contribution < 1.29 is 4.74 Å². The minimum absolute atomic E-state index is 0.512. The zero-order valence-electron chi connectivity index (χ0n) is 10.7. The number of rotatable bonds is 7. The molecule has 0 saturated heterocycles. The summed E-state index contributed by atoms with van der Waals surface area (Å²) in [4.78, 5) is 0. The van der Waals surface area contributed by atoms with Crippen LogP contribution in [0.15, 0.2) is 28.9 Å². The average Bonchev–Trinajstić information content (AvgIpc) is 2.87. The maximum absolute atomic E-state index is 5.87. The molecule has 0 spiro atoms. The highest BCUT2D eigenvalue weighted by Crippen LogP contribution is 2.27. The van der Waals surface area contributed by atoms with Gasteiger partial charge in [0.25, 0.3) is 0 Å². The Morgan fingerprint density at radius 2 is 2.20 bits per heavy atom. The van der Waals surface area contributed by atoms with E-state index in [1.807, 2.05) is 12.3 Å². The quantitative estimate of drug-likeness (QED) is 0.685. The predicted molar refractivity (Wildman–Crippen MR) is 83.7 cm³/mol. The Morgan fingerprint density at radius 1 is 1.35 bits per heavy atom. The van der Waals surface area contributed by atoms with Crippen LogP contribution >= 0.6 is 39.1 Å². The molecule has 1 aromatic heterocycles. The molecule has 0 bridgehead atoms. The number of benzene rings is 1. The van der Waals surface area contributed by atoms with Crippen molar-refractivity contribution in [2.45, 2.75) is 19.4 Å². The summed E-state index contributed by atoms with van der Waals surface area (Å²) in [5.41, 5.74) is 0.957. The molecule has 0 fully saturated rings. The Labute approximate surface area is 136 Å². The van der Waals surface area contributed by atoms with E-state index in [4.69, 9.17) is 27.9 Å². The van der Waals surface area contributed by atoms with Gasteiger partial charge >= 0.3 is 0 Å². The van der Waals surface area contributed by atoms with Crippen LogP contribution in [-0.4, -0.2) is 27.5 Å². The largest absolute Gasteiger partial charge is 0.490 e.